The number of urea groups is 1. The average molecular weight is 350 g/mol. The number of nitrogens with one attached hydrogen (secondary N) is 4. The highest BCUT2D eigenvalue weighted by molar-refractivity contribution is 5.87. The van der Waals surface area contributed by atoms with E-state index < -0.39 is 12.1 Å². The zero-order valence-corrected chi connectivity index (χ0v) is 14.6. The first-order valence-electron chi connectivity index (χ1n) is 8.88. The Kier molecular flexibility index (Phi) is 7.66. The molecule has 1 fully saturated rings. The van der Waals surface area contributed by atoms with E-state index in [9.17, 15) is 14.0 Å². The molecule has 2 atom stereocenters. The van der Waals surface area contributed by atoms with Crippen LogP contribution in [-0.2, 0) is 11.3 Å². The molecule has 138 valence electrons. The molecule has 3 amide bonds. The lowest BCUT2D eigenvalue weighted by Crippen LogP contribution is -2.54. The Bertz CT molecular complexity index is 559. The quantitative estimate of drug-likeness (QED) is 0.604. The van der Waals surface area contributed by atoms with E-state index in [0.717, 1.165) is 37.9 Å². The summed E-state index contributed by atoms with van der Waals surface area (Å²) in [5, 5.41) is 11.7. The monoisotopic (exact) mass is 350 g/mol. The van der Waals surface area contributed by atoms with Gasteiger partial charge in [0, 0.05) is 19.1 Å². The Hall–Kier alpha value is -2.15. The fraction of sp³-hybridized carbons (Fsp3) is 0.556. The van der Waals surface area contributed by atoms with Crippen LogP contribution in [0.3, 0.4) is 0 Å². The van der Waals surface area contributed by atoms with Crippen molar-refractivity contribution in [1.29, 1.82) is 0 Å². The minimum Gasteiger partial charge on any atom is -0.350 e. The minimum absolute atomic E-state index is 0.115. The number of hydrogen-bond acceptors (Lipinski definition) is 3. The molecule has 0 aliphatic carbocycles. The minimum atomic E-state index is -0.555. The van der Waals surface area contributed by atoms with Gasteiger partial charge in [0.15, 0.2) is 0 Å². The van der Waals surface area contributed by atoms with Gasteiger partial charge in [-0.15, -0.1) is 0 Å². The van der Waals surface area contributed by atoms with E-state index in [4.69, 9.17) is 0 Å². The zero-order chi connectivity index (χ0) is 18.1. The number of carbonyl (C=O) groups is 2. The lowest BCUT2D eigenvalue weighted by molar-refractivity contribution is -0.123. The summed E-state index contributed by atoms with van der Waals surface area (Å²) >= 11 is 0. The Labute approximate surface area is 147 Å². The van der Waals surface area contributed by atoms with Crippen molar-refractivity contribution in [3.05, 3.63) is 35.6 Å². The van der Waals surface area contributed by atoms with E-state index in [1.165, 1.54) is 12.1 Å². The van der Waals surface area contributed by atoms with Crippen LogP contribution in [0.1, 0.15) is 38.2 Å². The van der Waals surface area contributed by atoms with E-state index in [1.807, 2.05) is 6.92 Å². The topological polar surface area (TPSA) is 82.3 Å². The highest BCUT2D eigenvalue weighted by Crippen LogP contribution is 2.05. The highest BCUT2D eigenvalue weighted by Gasteiger charge is 2.23. The Balaban J connectivity index is 1.80. The number of rotatable bonds is 7. The van der Waals surface area contributed by atoms with Gasteiger partial charge >= 0.3 is 6.03 Å². The number of piperidine rings is 1. The number of halogens is 1. The van der Waals surface area contributed by atoms with Crippen LogP contribution in [0.2, 0.25) is 0 Å². The van der Waals surface area contributed by atoms with Crippen molar-refractivity contribution < 1.29 is 14.0 Å². The summed E-state index contributed by atoms with van der Waals surface area (Å²) in [6, 6.07) is 5.08. The van der Waals surface area contributed by atoms with E-state index in [2.05, 4.69) is 21.3 Å². The molecule has 2 unspecified atom stereocenters. The lowest BCUT2D eigenvalue weighted by Gasteiger charge is -2.26. The molecule has 1 aliphatic rings. The van der Waals surface area contributed by atoms with Gasteiger partial charge in [0.05, 0.1) is 0 Å². The Morgan fingerprint density at radius 1 is 1.32 bits per heavy atom. The molecule has 4 N–H and O–H groups in total. The Morgan fingerprint density at radius 3 is 2.72 bits per heavy atom. The van der Waals surface area contributed by atoms with Crippen LogP contribution < -0.4 is 21.3 Å². The molecular formula is C18H27FN4O2. The predicted octanol–water partition coefficient (Wildman–Crippen LogP) is 1.66. The van der Waals surface area contributed by atoms with Gasteiger partial charge in [0.25, 0.3) is 0 Å². The summed E-state index contributed by atoms with van der Waals surface area (Å²) in [5.41, 5.74) is 0.793. The third-order valence-corrected chi connectivity index (χ3v) is 4.21. The van der Waals surface area contributed by atoms with Crippen molar-refractivity contribution in [1.82, 2.24) is 21.3 Å². The van der Waals surface area contributed by atoms with E-state index in [1.54, 1.807) is 12.1 Å². The van der Waals surface area contributed by atoms with Crippen LogP contribution >= 0.6 is 0 Å². The second-order valence-corrected chi connectivity index (χ2v) is 6.35. The van der Waals surface area contributed by atoms with Crippen LogP contribution in [0.15, 0.2) is 24.3 Å². The molecule has 0 radical (unpaired) electrons. The normalized spacial score (nSPS) is 18.2. The van der Waals surface area contributed by atoms with Crippen LogP contribution in [-0.4, -0.2) is 37.1 Å². The largest absolute Gasteiger partial charge is 0.350 e. The molecular weight excluding hydrogens is 323 g/mol. The highest BCUT2D eigenvalue weighted by atomic mass is 19.1. The standard InChI is InChI=1S/C18H27FN4O2/c1-2-4-16(17(24)22-15-5-3-10-20-12-15)23-18(25)21-11-13-6-8-14(19)9-7-13/h6-9,15-16,20H,2-5,10-12H2,1H3,(H,22,24)(H2,21,23,25). The molecule has 0 spiro atoms. The number of amides is 3. The van der Waals surface area contributed by atoms with Crippen molar-refractivity contribution in [2.24, 2.45) is 0 Å². The molecule has 1 aliphatic heterocycles. The van der Waals surface area contributed by atoms with Gasteiger partial charge in [-0.1, -0.05) is 25.5 Å². The van der Waals surface area contributed by atoms with Gasteiger partial charge in [-0.25, -0.2) is 9.18 Å². The maximum absolute atomic E-state index is 12.9. The van der Waals surface area contributed by atoms with Gasteiger partial charge in [-0.2, -0.15) is 0 Å². The zero-order valence-electron chi connectivity index (χ0n) is 14.6. The van der Waals surface area contributed by atoms with Gasteiger partial charge in [-0.3, -0.25) is 4.79 Å². The van der Waals surface area contributed by atoms with Crippen molar-refractivity contribution in [2.45, 2.75) is 51.2 Å². The lowest BCUT2D eigenvalue weighted by atomic mass is 10.1. The first-order valence-corrected chi connectivity index (χ1v) is 8.88. The number of benzene rings is 1. The number of hydrogen-bond donors (Lipinski definition) is 4. The molecule has 0 bridgehead atoms. The van der Waals surface area contributed by atoms with Gasteiger partial charge in [0.2, 0.25) is 5.91 Å². The summed E-state index contributed by atoms with van der Waals surface area (Å²) in [7, 11) is 0. The first kappa shape index (κ1) is 19.2. The molecule has 1 aromatic rings. The average Bonchev–Trinajstić information content (AvgIpc) is 2.62. The number of carbonyl (C=O) groups excluding carboxylic acids is 2. The van der Waals surface area contributed by atoms with Crippen molar-refractivity contribution >= 4 is 11.9 Å². The molecule has 1 aromatic carbocycles. The van der Waals surface area contributed by atoms with Crippen molar-refractivity contribution in [3.63, 3.8) is 0 Å². The van der Waals surface area contributed by atoms with Gasteiger partial charge in [0.1, 0.15) is 11.9 Å². The Morgan fingerprint density at radius 2 is 2.08 bits per heavy atom. The smallest absolute Gasteiger partial charge is 0.315 e. The molecule has 0 saturated carbocycles. The maximum atomic E-state index is 12.9. The maximum Gasteiger partial charge on any atom is 0.315 e. The van der Waals surface area contributed by atoms with Crippen LogP contribution in [0, 0.1) is 5.82 Å². The van der Waals surface area contributed by atoms with E-state index >= 15 is 0 Å². The molecule has 7 heteroatoms. The third-order valence-electron chi connectivity index (χ3n) is 4.21. The fourth-order valence-corrected chi connectivity index (χ4v) is 2.83. The molecule has 25 heavy (non-hydrogen) atoms. The van der Waals surface area contributed by atoms with Gasteiger partial charge in [-0.05, 0) is 43.5 Å². The molecule has 0 aromatic heterocycles. The van der Waals surface area contributed by atoms with Crippen LogP contribution in [0.5, 0.6) is 0 Å². The third kappa shape index (κ3) is 6.70. The van der Waals surface area contributed by atoms with Crippen molar-refractivity contribution in [3.8, 4) is 0 Å². The van der Waals surface area contributed by atoms with Crippen LogP contribution in [0.4, 0.5) is 9.18 Å². The molecule has 6 nitrogen and oxygen atoms in total. The summed E-state index contributed by atoms with van der Waals surface area (Å²) in [4.78, 5) is 24.5. The second-order valence-electron chi connectivity index (χ2n) is 6.35. The SMILES string of the molecule is CCCC(NC(=O)NCc1ccc(F)cc1)C(=O)NC1CCCNC1. The first-order chi connectivity index (χ1) is 12.1. The summed E-state index contributed by atoms with van der Waals surface area (Å²) < 4.78 is 12.9. The predicted molar refractivity (Wildman–Crippen MR) is 94.5 cm³/mol. The summed E-state index contributed by atoms with van der Waals surface area (Å²) in [6.07, 6.45) is 3.36. The van der Waals surface area contributed by atoms with Gasteiger partial charge < -0.3 is 21.3 Å². The molecule has 1 heterocycles. The fourth-order valence-electron chi connectivity index (χ4n) is 2.83. The second kappa shape index (κ2) is 9.98. The summed E-state index contributed by atoms with van der Waals surface area (Å²) in [5.74, 6) is -0.461. The van der Waals surface area contributed by atoms with Crippen LogP contribution in [0.25, 0.3) is 0 Å². The van der Waals surface area contributed by atoms with Crippen molar-refractivity contribution in [2.75, 3.05) is 13.1 Å². The van der Waals surface area contributed by atoms with E-state index in [-0.39, 0.29) is 24.3 Å². The summed E-state index contributed by atoms with van der Waals surface area (Å²) in [6.45, 7) is 4.00. The molecule has 2 rings (SSSR count). The molecule has 1 saturated heterocycles. The van der Waals surface area contributed by atoms with E-state index in [0.29, 0.717) is 6.42 Å².